The number of nitrogens with one attached hydrogen (secondary N) is 1. The summed E-state index contributed by atoms with van der Waals surface area (Å²) in [6.07, 6.45) is 3.52. The van der Waals surface area contributed by atoms with E-state index < -0.39 is 4.92 Å². The number of halogens is 1. The second kappa shape index (κ2) is 6.21. The Morgan fingerprint density at radius 3 is 3.06 bits per heavy atom. The molecule has 0 bridgehead atoms. The molecular weight excluding hydrogens is 280 g/mol. The molecule has 1 aromatic heterocycles. The highest BCUT2D eigenvalue weighted by Gasteiger charge is 2.16. The van der Waals surface area contributed by atoms with E-state index in [1.54, 1.807) is 0 Å². The molecule has 0 atom stereocenters. The lowest BCUT2D eigenvalue weighted by molar-refractivity contribution is -0.396. The maximum absolute atomic E-state index is 11.4. The van der Waals surface area contributed by atoms with Gasteiger partial charge in [-0.05, 0) is 11.3 Å². The van der Waals surface area contributed by atoms with Crippen molar-refractivity contribution in [3.05, 3.63) is 22.5 Å². The Hall–Kier alpha value is -1.44. The summed E-state index contributed by atoms with van der Waals surface area (Å²) < 4.78 is 1.20. The van der Waals surface area contributed by atoms with E-state index in [0.29, 0.717) is 6.54 Å². The number of nitrogens with zero attached hydrogens (tertiary/aromatic N) is 3. The minimum Gasteiger partial charge on any atom is -0.390 e. The largest absolute Gasteiger partial charge is 0.435 e. The molecule has 0 aromatic carbocycles. The van der Waals surface area contributed by atoms with Gasteiger partial charge in [-0.25, -0.2) is 4.57 Å². The van der Waals surface area contributed by atoms with E-state index in [-0.39, 0.29) is 18.4 Å². The van der Waals surface area contributed by atoms with Gasteiger partial charge in [0, 0.05) is 11.9 Å². The third kappa shape index (κ3) is 3.61. The van der Waals surface area contributed by atoms with Gasteiger partial charge in [0.1, 0.15) is 12.4 Å². The molecule has 1 aromatic rings. The van der Waals surface area contributed by atoms with Gasteiger partial charge in [-0.15, -0.1) is 0 Å². The van der Waals surface area contributed by atoms with Gasteiger partial charge in [0.15, 0.2) is 6.54 Å². The van der Waals surface area contributed by atoms with Crippen LogP contribution in [0.15, 0.2) is 12.4 Å². The zero-order valence-electron chi connectivity index (χ0n) is 8.43. The van der Waals surface area contributed by atoms with Gasteiger partial charge in [-0.2, -0.15) is 0 Å². The molecule has 1 rings (SSSR count). The van der Waals surface area contributed by atoms with Crippen molar-refractivity contribution in [3.63, 3.8) is 0 Å². The standard InChI is InChI=1S/C8H11BrN4O3/c9-2-1-3-10-7(14)6-12-5-4-11-8(12)13(15)16/h4-5H,1-3,6H2,(H,10,14). The van der Waals surface area contributed by atoms with Gasteiger partial charge in [0.05, 0.1) is 0 Å². The predicted octanol–water partition coefficient (Wildman–Crippen LogP) is 0.692. The third-order valence-electron chi connectivity index (χ3n) is 1.80. The first-order chi connectivity index (χ1) is 7.65. The van der Waals surface area contributed by atoms with Crippen molar-refractivity contribution in [2.45, 2.75) is 13.0 Å². The summed E-state index contributed by atoms with van der Waals surface area (Å²) >= 11 is 3.23. The fraction of sp³-hybridized carbons (Fsp3) is 0.500. The molecule has 0 aliphatic heterocycles. The van der Waals surface area contributed by atoms with Crippen LogP contribution in [0.1, 0.15) is 6.42 Å². The van der Waals surface area contributed by atoms with Crippen molar-refractivity contribution in [2.75, 3.05) is 11.9 Å². The van der Waals surface area contributed by atoms with Gasteiger partial charge < -0.3 is 15.4 Å². The van der Waals surface area contributed by atoms with Crippen molar-refractivity contribution in [2.24, 2.45) is 0 Å². The van der Waals surface area contributed by atoms with Gasteiger partial charge in [-0.3, -0.25) is 4.79 Å². The third-order valence-corrected chi connectivity index (χ3v) is 2.36. The molecule has 8 heteroatoms. The molecule has 0 aliphatic carbocycles. The predicted molar refractivity (Wildman–Crippen MR) is 60.3 cm³/mol. The summed E-state index contributed by atoms with van der Waals surface area (Å²) in [5.41, 5.74) is 0. The SMILES string of the molecule is O=C(Cn1ccnc1[N+](=O)[O-])NCCCBr. The molecular formula is C8H11BrN4O3. The maximum Gasteiger partial charge on any atom is 0.435 e. The van der Waals surface area contributed by atoms with Crippen LogP contribution in [0, 0.1) is 10.1 Å². The summed E-state index contributed by atoms with van der Waals surface area (Å²) in [6, 6.07) is 0. The van der Waals surface area contributed by atoms with Crippen LogP contribution in [0.25, 0.3) is 0 Å². The highest BCUT2D eigenvalue weighted by molar-refractivity contribution is 9.09. The fourth-order valence-corrected chi connectivity index (χ4v) is 1.38. The van der Waals surface area contributed by atoms with Crippen LogP contribution in [0.5, 0.6) is 0 Å². The Morgan fingerprint density at radius 2 is 2.44 bits per heavy atom. The normalized spacial score (nSPS) is 10.1. The van der Waals surface area contributed by atoms with Crippen molar-refractivity contribution in [1.29, 1.82) is 0 Å². The van der Waals surface area contributed by atoms with Crippen molar-refractivity contribution < 1.29 is 9.72 Å². The zero-order chi connectivity index (χ0) is 12.0. The van der Waals surface area contributed by atoms with Crippen molar-refractivity contribution in [1.82, 2.24) is 14.9 Å². The minimum absolute atomic E-state index is 0.0847. The molecule has 1 amide bonds. The van der Waals surface area contributed by atoms with E-state index in [1.807, 2.05) is 0 Å². The molecule has 1 heterocycles. The van der Waals surface area contributed by atoms with E-state index in [2.05, 4.69) is 26.2 Å². The van der Waals surface area contributed by atoms with Gasteiger partial charge in [0.2, 0.25) is 0 Å². The first-order valence-electron chi connectivity index (χ1n) is 4.63. The van der Waals surface area contributed by atoms with Gasteiger partial charge >= 0.3 is 5.95 Å². The summed E-state index contributed by atoms with van der Waals surface area (Å²) in [7, 11) is 0. The zero-order valence-corrected chi connectivity index (χ0v) is 10.0. The van der Waals surface area contributed by atoms with E-state index in [4.69, 9.17) is 0 Å². The summed E-state index contributed by atoms with van der Waals surface area (Å²) in [5, 5.41) is 14.0. The number of alkyl halides is 1. The van der Waals surface area contributed by atoms with Crippen LogP contribution >= 0.6 is 15.9 Å². The number of hydrogen-bond donors (Lipinski definition) is 1. The van der Waals surface area contributed by atoms with Crippen LogP contribution in [0.4, 0.5) is 5.95 Å². The molecule has 0 spiro atoms. The van der Waals surface area contributed by atoms with Crippen molar-refractivity contribution in [3.8, 4) is 0 Å². The molecule has 1 N–H and O–H groups in total. The highest BCUT2D eigenvalue weighted by Crippen LogP contribution is 2.06. The monoisotopic (exact) mass is 290 g/mol. The van der Waals surface area contributed by atoms with E-state index in [9.17, 15) is 14.9 Å². The number of aromatic nitrogens is 2. The summed E-state index contributed by atoms with van der Waals surface area (Å²) in [4.78, 5) is 24.8. The number of imidazole rings is 1. The average Bonchev–Trinajstić information content (AvgIpc) is 2.66. The number of hydrogen-bond acceptors (Lipinski definition) is 4. The Labute approximate surface area is 100 Å². The van der Waals surface area contributed by atoms with Crippen LogP contribution in [0.2, 0.25) is 0 Å². The van der Waals surface area contributed by atoms with Crippen molar-refractivity contribution >= 4 is 27.8 Å². The quantitative estimate of drug-likeness (QED) is 0.361. The van der Waals surface area contributed by atoms with Gasteiger partial charge in [-0.1, -0.05) is 20.9 Å². The molecule has 0 aliphatic rings. The second-order valence-corrected chi connectivity index (χ2v) is 3.80. The lowest BCUT2D eigenvalue weighted by Gasteiger charge is -2.03. The molecule has 7 nitrogen and oxygen atoms in total. The molecule has 0 saturated carbocycles. The molecule has 0 fully saturated rings. The maximum atomic E-state index is 11.4. The Kier molecular flexibility index (Phi) is 4.90. The van der Waals surface area contributed by atoms with E-state index >= 15 is 0 Å². The van der Waals surface area contributed by atoms with E-state index in [1.165, 1.54) is 17.0 Å². The van der Waals surface area contributed by atoms with Crippen LogP contribution in [-0.2, 0) is 11.3 Å². The first kappa shape index (κ1) is 12.6. The van der Waals surface area contributed by atoms with Crippen LogP contribution < -0.4 is 5.32 Å². The smallest absolute Gasteiger partial charge is 0.390 e. The second-order valence-electron chi connectivity index (χ2n) is 3.00. The molecule has 0 radical (unpaired) electrons. The van der Waals surface area contributed by atoms with Crippen LogP contribution in [0.3, 0.4) is 0 Å². The molecule has 0 saturated heterocycles. The first-order valence-corrected chi connectivity index (χ1v) is 5.75. The Balaban J connectivity index is 2.49. The topological polar surface area (TPSA) is 90.1 Å². The number of rotatable bonds is 6. The number of carbonyl (C=O) groups excluding carboxylic acids is 1. The Morgan fingerprint density at radius 1 is 1.69 bits per heavy atom. The minimum atomic E-state index is -0.619. The lowest BCUT2D eigenvalue weighted by atomic mass is 10.4. The Bertz CT molecular complexity index is 379. The summed E-state index contributed by atoms with van der Waals surface area (Å²) in [5.74, 6) is -0.585. The number of nitro groups is 1. The number of carbonyl (C=O) groups is 1. The van der Waals surface area contributed by atoms with Crippen LogP contribution in [-0.4, -0.2) is 32.3 Å². The fourth-order valence-electron chi connectivity index (χ4n) is 1.10. The highest BCUT2D eigenvalue weighted by atomic mass is 79.9. The van der Waals surface area contributed by atoms with E-state index in [0.717, 1.165) is 11.8 Å². The average molecular weight is 291 g/mol. The molecule has 16 heavy (non-hydrogen) atoms. The summed E-state index contributed by atoms with van der Waals surface area (Å²) in [6.45, 7) is 0.463. The molecule has 0 unspecified atom stereocenters. The van der Waals surface area contributed by atoms with Gasteiger partial charge in [0.25, 0.3) is 5.91 Å². The molecule has 88 valence electrons. The lowest BCUT2D eigenvalue weighted by Crippen LogP contribution is -2.28. The number of amides is 1.